The number of oxime groups is 1. The summed E-state index contributed by atoms with van der Waals surface area (Å²) in [6.07, 6.45) is 1.15. The van der Waals surface area contributed by atoms with E-state index in [9.17, 15) is 4.79 Å². The first-order valence-electron chi connectivity index (χ1n) is 6.38. The molecule has 0 aliphatic carbocycles. The first kappa shape index (κ1) is 17.7. The number of carbonyl (C=O) groups is 1. The second-order valence-electron chi connectivity index (χ2n) is 4.96. The van der Waals surface area contributed by atoms with Crippen molar-refractivity contribution in [3.8, 4) is 0 Å². The highest BCUT2D eigenvalue weighted by Crippen LogP contribution is 2.19. The number of carbonyl (C=O) groups excluding carboxylic acids is 1. The van der Waals surface area contributed by atoms with Gasteiger partial charge in [-0.1, -0.05) is 19.0 Å². The lowest BCUT2D eigenvalue weighted by molar-refractivity contribution is -0.121. The van der Waals surface area contributed by atoms with Crippen LogP contribution in [0.1, 0.15) is 26.7 Å². The molecular formula is C12H26N4O3. The molecular weight excluding hydrogens is 248 g/mol. The molecule has 0 saturated heterocycles. The first-order valence-corrected chi connectivity index (χ1v) is 6.38. The molecule has 7 nitrogen and oxygen atoms in total. The van der Waals surface area contributed by atoms with E-state index < -0.39 is 0 Å². The molecule has 0 spiro atoms. The summed E-state index contributed by atoms with van der Waals surface area (Å²) in [5.74, 6) is 0.215. The monoisotopic (exact) mass is 274 g/mol. The second-order valence-corrected chi connectivity index (χ2v) is 4.96. The minimum Gasteiger partial charge on any atom is -0.409 e. The van der Waals surface area contributed by atoms with E-state index in [1.165, 1.54) is 0 Å². The zero-order chi connectivity index (χ0) is 14.7. The SMILES string of the molecule is COCCNC(=O)CCNCCC(C)(C)C(N)=NO. The van der Waals surface area contributed by atoms with Crippen molar-refractivity contribution in [3.05, 3.63) is 0 Å². The van der Waals surface area contributed by atoms with Crippen molar-refractivity contribution in [3.63, 3.8) is 0 Å². The minimum atomic E-state index is -0.359. The van der Waals surface area contributed by atoms with Gasteiger partial charge in [0.1, 0.15) is 5.84 Å². The molecule has 19 heavy (non-hydrogen) atoms. The molecule has 0 fully saturated rings. The van der Waals surface area contributed by atoms with E-state index in [4.69, 9.17) is 15.7 Å². The Balaban J connectivity index is 3.62. The Morgan fingerprint density at radius 3 is 2.63 bits per heavy atom. The van der Waals surface area contributed by atoms with Crippen molar-refractivity contribution in [2.75, 3.05) is 33.4 Å². The van der Waals surface area contributed by atoms with Gasteiger partial charge in [-0.15, -0.1) is 0 Å². The third-order valence-corrected chi connectivity index (χ3v) is 2.89. The topological polar surface area (TPSA) is 109 Å². The van der Waals surface area contributed by atoms with Crippen LogP contribution in [0.25, 0.3) is 0 Å². The molecule has 0 aromatic rings. The fourth-order valence-corrected chi connectivity index (χ4v) is 1.37. The Kier molecular flexibility index (Phi) is 8.90. The van der Waals surface area contributed by atoms with Crippen LogP contribution in [-0.2, 0) is 9.53 Å². The average Bonchev–Trinajstić information content (AvgIpc) is 2.37. The van der Waals surface area contributed by atoms with Gasteiger partial charge >= 0.3 is 0 Å². The van der Waals surface area contributed by atoms with Crippen LogP contribution >= 0.6 is 0 Å². The number of hydrogen-bond acceptors (Lipinski definition) is 5. The Labute approximate surface area is 114 Å². The highest BCUT2D eigenvalue weighted by atomic mass is 16.5. The van der Waals surface area contributed by atoms with E-state index in [2.05, 4.69) is 15.8 Å². The minimum absolute atomic E-state index is 0.000227. The van der Waals surface area contributed by atoms with Crippen LogP contribution in [0.4, 0.5) is 0 Å². The van der Waals surface area contributed by atoms with Crippen molar-refractivity contribution in [1.29, 1.82) is 0 Å². The molecule has 0 atom stereocenters. The van der Waals surface area contributed by atoms with Crippen molar-refractivity contribution in [2.45, 2.75) is 26.7 Å². The molecule has 1 amide bonds. The van der Waals surface area contributed by atoms with Gasteiger partial charge in [-0.3, -0.25) is 4.79 Å². The van der Waals surface area contributed by atoms with Gasteiger partial charge in [0.15, 0.2) is 0 Å². The molecule has 0 bridgehead atoms. The maximum Gasteiger partial charge on any atom is 0.221 e. The smallest absolute Gasteiger partial charge is 0.221 e. The highest BCUT2D eigenvalue weighted by molar-refractivity contribution is 5.85. The van der Waals surface area contributed by atoms with Crippen molar-refractivity contribution in [1.82, 2.24) is 10.6 Å². The molecule has 7 heteroatoms. The maximum atomic E-state index is 11.4. The predicted octanol–water partition coefficient (Wildman–Crippen LogP) is -0.109. The zero-order valence-corrected chi connectivity index (χ0v) is 12.0. The van der Waals surface area contributed by atoms with Crippen LogP contribution in [0.15, 0.2) is 5.16 Å². The Bertz CT molecular complexity index is 293. The number of ether oxygens (including phenoxy) is 1. The van der Waals surface area contributed by atoms with Crippen LogP contribution in [0, 0.1) is 5.41 Å². The Hall–Kier alpha value is -1.34. The molecule has 112 valence electrons. The molecule has 0 aromatic carbocycles. The van der Waals surface area contributed by atoms with E-state index in [1.807, 2.05) is 13.8 Å². The third-order valence-electron chi connectivity index (χ3n) is 2.89. The van der Waals surface area contributed by atoms with Crippen LogP contribution in [0.2, 0.25) is 0 Å². The molecule has 0 aliphatic heterocycles. The summed E-state index contributed by atoms with van der Waals surface area (Å²) < 4.78 is 4.83. The molecule has 0 heterocycles. The number of rotatable bonds is 10. The van der Waals surface area contributed by atoms with Crippen LogP contribution in [0.3, 0.4) is 0 Å². The summed E-state index contributed by atoms with van der Waals surface area (Å²) in [5, 5.41) is 17.5. The lowest BCUT2D eigenvalue weighted by Crippen LogP contribution is -2.36. The number of nitrogens with two attached hydrogens (primary N) is 1. The average molecular weight is 274 g/mol. The molecule has 5 N–H and O–H groups in total. The van der Waals surface area contributed by atoms with Gasteiger partial charge in [-0.25, -0.2) is 0 Å². The van der Waals surface area contributed by atoms with Gasteiger partial charge in [0.2, 0.25) is 5.91 Å². The molecule has 0 saturated carbocycles. The number of nitrogens with zero attached hydrogens (tertiary/aromatic N) is 1. The predicted molar refractivity (Wildman–Crippen MR) is 74.2 cm³/mol. The number of amidine groups is 1. The van der Waals surface area contributed by atoms with Gasteiger partial charge in [-0.05, 0) is 13.0 Å². The van der Waals surface area contributed by atoms with Crippen LogP contribution in [0.5, 0.6) is 0 Å². The quantitative estimate of drug-likeness (QED) is 0.146. The third kappa shape index (κ3) is 8.39. The summed E-state index contributed by atoms with van der Waals surface area (Å²) in [7, 11) is 1.59. The van der Waals surface area contributed by atoms with Gasteiger partial charge in [-0.2, -0.15) is 0 Å². The first-order chi connectivity index (χ1) is 8.94. The standard InChI is InChI=1S/C12H26N4O3/c1-12(2,11(13)16-18)5-7-14-6-4-10(17)15-8-9-19-3/h14,18H,4-9H2,1-3H3,(H2,13,16)(H,15,17). The fourth-order valence-electron chi connectivity index (χ4n) is 1.37. The molecule has 0 unspecified atom stereocenters. The number of amides is 1. The van der Waals surface area contributed by atoms with E-state index >= 15 is 0 Å². The van der Waals surface area contributed by atoms with E-state index in [0.29, 0.717) is 32.7 Å². The lowest BCUT2D eigenvalue weighted by atomic mass is 9.88. The normalized spacial score (nSPS) is 12.5. The summed E-state index contributed by atoms with van der Waals surface area (Å²) >= 11 is 0. The second kappa shape index (κ2) is 9.57. The molecule has 0 aliphatic rings. The lowest BCUT2D eigenvalue weighted by Gasteiger charge is -2.22. The van der Waals surface area contributed by atoms with Gasteiger partial charge in [0.05, 0.1) is 6.61 Å². The zero-order valence-electron chi connectivity index (χ0n) is 12.0. The van der Waals surface area contributed by atoms with E-state index in [-0.39, 0.29) is 17.2 Å². The fraction of sp³-hybridized carbons (Fsp3) is 0.833. The van der Waals surface area contributed by atoms with E-state index in [0.717, 1.165) is 6.42 Å². The molecule has 0 radical (unpaired) electrons. The Morgan fingerprint density at radius 2 is 2.05 bits per heavy atom. The van der Waals surface area contributed by atoms with Gasteiger partial charge in [0, 0.05) is 32.0 Å². The van der Waals surface area contributed by atoms with Crippen molar-refractivity contribution >= 4 is 11.7 Å². The van der Waals surface area contributed by atoms with E-state index in [1.54, 1.807) is 7.11 Å². The largest absolute Gasteiger partial charge is 0.409 e. The van der Waals surface area contributed by atoms with Gasteiger partial charge < -0.3 is 26.3 Å². The van der Waals surface area contributed by atoms with Crippen molar-refractivity contribution in [2.24, 2.45) is 16.3 Å². The summed E-state index contributed by atoms with van der Waals surface area (Å²) in [6, 6.07) is 0. The summed E-state index contributed by atoms with van der Waals surface area (Å²) in [4.78, 5) is 11.4. The van der Waals surface area contributed by atoms with Crippen LogP contribution in [-0.4, -0.2) is 50.3 Å². The maximum absolute atomic E-state index is 11.4. The van der Waals surface area contributed by atoms with Crippen LogP contribution < -0.4 is 16.4 Å². The number of hydrogen-bond donors (Lipinski definition) is 4. The number of nitrogens with one attached hydrogen (secondary N) is 2. The highest BCUT2D eigenvalue weighted by Gasteiger charge is 2.22. The summed E-state index contributed by atoms with van der Waals surface area (Å²) in [5.41, 5.74) is 5.22. The van der Waals surface area contributed by atoms with Crippen molar-refractivity contribution < 1.29 is 14.7 Å². The summed E-state index contributed by atoms with van der Waals surface area (Å²) in [6.45, 7) is 6.17. The Morgan fingerprint density at radius 1 is 1.37 bits per heavy atom. The van der Waals surface area contributed by atoms with Gasteiger partial charge in [0.25, 0.3) is 0 Å². The molecule has 0 aromatic heterocycles. The number of methoxy groups -OCH3 is 1. The molecule has 0 rings (SSSR count).